The zero-order chi connectivity index (χ0) is 22.8. The minimum atomic E-state index is -4.73. The number of nitrogens with zero attached hydrogens (tertiary/aromatic N) is 2. The van der Waals surface area contributed by atoms with Gasteiger partial charge in [0.05, 0.1) is 15.6 Å². The molecule has 0 bridgehead atoms. The Hall–Kier alpha value is -3.20. The van der Waals surface area contributed by atoms with Gasteiger partial charge in [-0.1, -0.05) is 0 Å². The van der Waals surface area contributed by atoms with Gasteiger partial charge in [0, 0.05) is 18.9 Å². The van der Waals surface area contributed by atoms with Crippen LogP contribution in [0.4, 0.5) is 23.2 Å². The normalized spacial score (nSPS) is 12.1. The first kappa shape index (κ1) is 23.1. The first-order valence-corrected chi connectivity index (χ1v) is 8.93. The molecule has 0 aliphatic heterocycles. The van der Waals surface area contributed by atoms with Gasteiger partial charge >= 0.3 is 6.18 Å². The number of alkyl halides is 3. The lowest BCUT2D eigenvalue weighted by Crippen LogP contribution is -2.45. The molecule has 2 rings (SSSR count). The van der Waals surface area contributed by atoms with Crippen LogP contribution in [0.1, 0.15) is 33.3 Å². The van der Waals surface area contributed by atoms with E-state index in [4.69, 9.17) is 5.26 Å². The number of carbonyl (C=O) groups is 3. The van der Waals surface area contributed by atoms with Gasteiger partial charge in [0.2, 0.25) is 0 Å². The van der Waals surface area contributed by atoms with Crippen molar-refractivity contribution in [3.05, 3.63) is 51.5 Å². The molecule has 2 N–H and O–H groups in total. The second-order valence-electron chi connectivity index (χ2n) is 6.14. The van der Waals surface area contributed by atoms with E-state index < -0.39 is 35.6 Å². The number of rotatable bonds is 5. The van der Waals surface area contributed by atoms with Crippen LogP contribution in [-0.4, -0.2) is 34.4 Å². The van der Waals surface area contributed by atoms with Crippen LogP contribution in [0, 0.1) is 17.1 Å². The molecule has 7 nitrogen and oxygen atoms in total. The zero-order valence-corrected chi connectivity index (χ0v) is 17.0. The van der Waals surface area contributed by atoms with Crippen molar-refractivity contribution in [1.29, 1.82) is 5.26 Å². The highest BCUT2D eigenvalue weighted by Crippen LogP contribution is 2.26. The second-order valence-corrected chi connectivity index (χ2v) is 6.94. The van der Waals surface area contributed by atoms with E-state index in [1.807, 2.05) is 0 Å². The molecule has 0 fully saturated rings. The summed E-state index contributed by atoms with van der Waals surface area (Å²) in [6.07, 6.45) is -3.63. The number of hydrogen-bond acceptors (Lipinski definition) is 4. The molecule has 0 aliphatic rings. The molecule has 0 saturated carbocycles. The van der Waals surface area contributed by atoms with Crippen molar-refractivity contribution in [3.8, 4) is 6.07 Å². The number of ketones is 1. The summed E-state index contributed by atoms with van der Waals surface area (Å²) in [5.41, 5.74) is -0.662. The van der Waals surface area contributed by atoms with E-state index in [1.54, 1.807) is 11.4 Å². The summed E-state index contributed by atoms with van der Waals surface area (Å²) in [5.74, 6) is -4.32. The number of aromatic nitrogens is 1. The molecule has 0 spiro atoms. The lowest BCUT2D eigenvalue weighted by molar-refractivity contribution is -0.156. The molecule has 158 valence electrons. The molecule has 1 aromatic heterocycles. The number of nitriles is 1. The quantitative estimate of drug-likeness (QED) is 0.382. The summed E-state index contributed by atoms with van der Waals surface area (Å²) in [7, 11) is 1.37. The predicted octanol–water partition coefficient (Wildman–Crippen LogP) is 3.30. The highest BCUT2D eigenvalue weighted by atomic mass is 79.9. The van der Waals surface area contributed by atoms with Gasteiger partial charge in [-0.3, -0.25) is 14.4 Å². The molecule has 2 amide bonds. The Balaban J connectivity index is 2.26. The Labute approximate surface area is 175 Å². The average molecular weight is 489 g/mol. The maximum atomic E-state index is 13.4. The third kappa shape index (κ3) is 4.85. The standard InChI is InChI=1S/C18H13BrF4N4O3/c1-8(18(21,22)23)25-17(30)15(28)11-7-27(2)14(13(11)19)16(29)26-10-3-4-12(20)9(5-10)6-24/h3-5,7-8H,1-2H3,(H,25,30)(H,26,29)/t8-/m1/s1. The van der Waals surface area contributed by atoms with Gasteiger partial charge < -0.3 is 15.2 Å². The molecule has 0 saturated heterocycles. The predicted molar refractivity (Wildman–Crippen MR) is 100 cm³/mol. The monoisotopic (exact) mass is 488 g/mol. The summed E-state index contributed by atoms with van der Waals surface area (Å²) < 4.78 is 52.2. The highest BCUT2D eigenvalue weighted by Gasteiger charge is 2.38. The number of halogens is 5. The van der Waals surface area contributed by atoms with E-state index in [9.17, 15) is 31.9 Å². The van der Waals surface area contributed by atoms with Gasteiger partial charge in [-0.2, -0.15) is 18.4 Å². The second kappa shape index (κ2) is 8.66. The number of aryl methyl sites for hydroxylation is 1. The number of hydrogen-bond donors (Lipinski definition) is 2. The largest absolute Gasteiger partial charge is 0.408 e. The van der Waals surface area contributed by atoms with Gasteiger partial charge in [-0.05, 0) is 41.1 Å². The van der Waals surface area contributed by atoms with Crippen molar-refractivity contribution >= 4 is 39.2 Å². The van der Waals surface area contributed by atoms with Crippen LogP contribution < -0.4 is 10.6 Å². The van der Waals surface area contributed by atoms with E-state index in [2.05, 4.69) is 21.2 Å². The summed E-state index contributed by atoms with van der Waals surface area (Å²) in [5, 5.41) is 12.8. The van der Waals surface area contributed by atoms with Crippen molar-refractivity contribution in [1.82, 2.24) is 9.88 Å². The van der Waals surface area contributed by atoms with Crippen LogP contribution in [-0.2, 0) is 11.8 Å². The summed E-state index contributed by atoms with van der Waals surface area (Å²) in [4.78, 5) is 36.7. The third-order valence-corrected chi connectivity index (χ3v) is 4.77. The fourth-order valence-electron chi connectivity index (χ4n) is 2.36. The van der Waals surface area contributed by atoms with Crippen LogP contribution in [0.5, 0.6) is 0 Å². The fourth-order valence-corrected chi connectivity index (χ4v) is 3.10. The molecule has 0 unspecified atom stereocenters. The molecular formula is C18H13BrF4N4O3. The lowest BCUT2D eigenvalue weighted by atomic mass is 10.1. The fraction of sp³-hybridized carbons (Fsp3) is 0.222. The summed E-state index contributed by atoms with van der Waals surface area (Å²) in [6, 6.07) is 2.67. The Bertz CT molecular complexity index is 1070. The first-order chi connectivity index (χ1) is 13.9. The SMILES string of the molecule is C[C@@H](NC(=O)C(=O)c1cn(C)c(C(=O)Nc2ccc(F)c(C#N)c2)c1Br)C(F)(F)F. The molecule has 0 aliphatic carbocycles. The minimum absolute atomic E-state index is 0.0932. The molecule has 12 heteroatoms. The van der Waals surface area contributed by atoms with Gasteiger partial charge in [0.15, 0.2) is 0 Å². The topological polar surface area (TPSA) is 104 Å². The Morgan fingerprint density at radius 1 is 1.27 bits per heavy atom. The van der Waals surface area contributed by atoms with E-state index >= 15 is 0 Å². The van der Waals surface area contributed by atoms with Crippen molar-refractivity contribution in [2.45, 2.75) is 19.1 Å². The summed E-state index contributed by atoms with van der Waals surface area (Å²) in [6.45, 7) is 0.683. The van der Waals surface area contributed by atoms with Crippen LogP contribution in [0.15, 0.2) is 28.9 Å². The average Bonchev–Trinajstić information content (AvgIpc) is 2.95. The van der Waals surface area contributed by atoms with Crippen molar-refractivity contribution in [3.63, 3.8) is 0 Å². The highest BCUT2D eigenvalue weighted by molar-refractivity contribution is 9.10. The van der Waals surface area contributed by atoms with Gasteiger partial charge in [-0.15, -0.1) is 0 Å². The van der Waals surface area contributed by atoms with E-state index in [-0.39, 0.29) is 27.0 Å². The smallest absolute Gasteiger partial charge is 0.345 e. The van der Waals surface area contributed by atoms with Crippen LogP contribution in [0.2, 0.25) is 0 Å². The Morgan fingerprint density at radius 2 is 1.90 bits per heavy atom. The minimum Gasteiger partial charge on any atom is -0.345 e. The van der Waals surface area contributed by atoms with Crippen LogP contribution in [0.25, 0.3) is 0 Å². The third-order valence-electron chi connectivity index (χ3n) is 3.97. The number of carbonyl (C=O) groups excluding carboxylic acids is 3. The number of benzene rings is 1. The Morgan fingerprint density at radius 3 is 2.47 bits per heavy atom. The van der Waals surface area contributed by atoms with Crippen LogP contribution >= 0.6 is 15.9 Å². The van der Waals surface area contributed by atoms with Gasteiger partial charge in [-0.25, -0.2) is 4.39 Å². The van der Waals surface area contributed by atoms with E-state index in [0.717, 1.165) is 18.3 Å². The first-order valence-electron chi connectivity index (χ1n) is 8.14. The van der Waals surface area contributed by atoms with Crippen molar-refractivity contribution in [2.75, 3.05) is 5.32 Å². The number of anilines is 1. The molecule has 2 aromatic rings. The van der Waals surface area contributed by atoms with Gasteiger partial charge in [0.1, 0.15) is 23.6 Å². The van der Waals surface area contributed by atoms with Crippen molar-refractivity contribution < 1.29 is 31.9 Å². The number of Topliss-reactive ketones (excluding diaryl/α,β-unsaturated/α-hetero) is 1. The maximum absolute atomic E-state index is 13.4. The maximum Gasteiger partial charge on any atom is 0.408 e. The molecule has 0 radical (unpaired) electrons. The van der Waals surface area contributed by atoms with E-state index in [1.165, 1.54) is 17.7 Å². The van der Waals surface area contributed by atoms with Gasteiger partial charge in [0.25, 0.3) is 17.6 Å². The van der Waals surface area contributed by atoms with Crippen molar-refractivity contribution in [2.24, 2.45) is 7.05 Å². The Kier molecular flexibility index (Phi) is 6.66. The molecular weight excluding hydrogens is 476 g/mol. The molecule has 30 heavy (non-hydrogen) atoms. The molecule has 1 atom stereocenters. The lowest BCUT2D eigenvalue weighted by Gasteiger charge is -2.16. The van der Waals surface area contributed by atoms with Crippen LogP contribution in [0.3, 0.4) is 0 Å². The number of nitrogens with one attached hydrogen (secondary N) is 2. The zero-order valence-electron chi connectivity index (χ0n) is 15.4. The number of amides is 2. The summed E-state index contributed by atoms with van der Waals surface area (Å²) >= 11 is 3.01. The van der Waals surface area contributed by atoms with E-state index in [0.29, 0.717) is 6.92 Å². The molecule has 1 heterocycles. The molecule has 1 aromatic carbocycles.